The van der Waals surface area contributed by atoms with Gasteiger partial charge in [0.15, 0.2) is 0 Å². The van der Waals surface area contributed by atoms with E-state index in [1.54, 1.807) is 23.2 Å². The van der Waals surface area contributed by atoms with E-state index in [2.05, 4.69) is 25.9 Å². The Morgan fingerprint density at radius 2 is 2.29 bits per heavy atom. The van der Waals surface area contributed by atoms with Gasteiger partial charge < -0.3 is 9.30 Å². The van der Waals surface area contributed by atoms with Crippen LogP contribution in [0, 0.1) is 0 Å². The first-order valence-electron chi connectivity index (χ1n) is 4.01. The molecule has 2 rings (SSSR count). The molecule has 0 bridgehead atoms. The minimum Gasteiger partial charge on any atom is -0.424 e. The molecule has 4 nitrogen and oxygen atoms in total. The number of halogens is 1. The summed E-state index contributed by atoms with van der Waals surface area (Å²) in [6.45, 7) is 0. The van der Waals surface area contributed by atoms with Gasteiger partial charge in [0.2, 0.25) is 0 Å². The van der Waals surface area contributed by atoms with Gasteiger partial charge in [-0.3, -0.25) is 4.98 Å². The van der Waals surface area contributed by atoms with E-state index >= 15 is 0 Å². The van der Waals surface area contributed by atoms with Gasteiger partial charge in [-0.2, -0.15) is 0 Å². The van der Waals surface area contributed by atoms with E-state index in [4.69, 9.17) is 4.74 Å². The molecule has 0 unspecified atom stereocenters. The van der Waals surface area contributed by atoms with Crippen LogP contribution in [0.15, 0.2) is 35.3 Å². The first-order chi connectivity index (χ1) is 6.75. The molecule has 0 aromatic carbocycles. The van der Waals surface area contributed by atoms with E-state index in [0.29, 0.717) is 11.8 Å². The van der Waals surface area contributed by atoms with Crippen LogP contribution in [0.25, 0.3) is 0 Å². The fraction of sp³-hybridized carbons (Fsp3) is 0.111. The summed E-state index contributed by atoms with van der Waals surface area (Å²) in [5, 5.41) is 0. The number of nitrogens with zero attached hydrogens (tertiary/aromatic N) is 3. The van der Waals surface area contributed by atoms with Crippen molar-refractivity contribution < 1.29 is 4.74 Å². The molecule has 0 aliphatic heterocycles. The van der Waals surface area contributed by atoms with Gasteiger partial charge in [-0.05, 0) is 22.0 Å². The molecule has 14 heavy (non-hydrogen) atoms. The van der Waals surface area contributed by atoms with Crippen molar-refractivity contribution in [3.63, 3.8) is 0 Å². The lowest BCUT2D eigenvalue weighted by Crippen LogP contribution is -1.93. The molecule has 0 N–H and O–H groups in total. The van der Waals surface area contributed by atoms with Crippen molar-refractivity contribution >= 4 is 15.9 Å². The van der Waals surface area contributed by atoms with Crippen LogP contribution in [0.1, 0.15) is 0 Å². The minimum absolute atomic E-state index is 0.546. The second kappa shape index (κ2) is 3.79. The molecule has 0 radical (unpaired) electrons. The van der Waals surface area contributed by atoms with Crippen molar-refractivity contribution in [2.45, 2.75) is 0 Å². The Morgan fingerprint density at radius 3 is 2.93 bits per heavy atom. The molecule has 72 valence electrons. The summed E-state index contributed by atoms with van der Waals surface area (Å²) in [5.41, 5.74) is 0. The van der Waals surface area contributed by atoms with Gasteiger partial charge >= 0.3 is 6.01 Å². The number of pyridine rings is 1. The normalized spacial score (nSPS) is 10.1. The lowest BCUT2D eigenvalue weighted by molar-refractivity contribution is 0.423. The van der Waals surface area contributed by atoms with Gasteiger partial charge in [0.05, 0.1) is 6.20 Å². The summed E-state index contributed by atoms with van der Waals surface area (Å²) in [6, 6.07) is 2.38. The predicted octanol–water partition coefficient (Wildman–Crippen LogP) is 2.37. The summed E-state index contributed by atoms with van der Waals surface area (Å²) in [4.78, 5) is 8.02. The smallest absolute Gasteiger partial charge is 0.301 e. The number of ether oxygens (including phenoxy) is 1. The number of hydrogen-bond acceptors (Lipinski definition) is 3. The highest BCUT2D eigenvalue weighted by Crippen LogP contribution is 2.21. The molecule has 0 spiro atoms. The van der Waals surface area contributed by atoms with Gasteiger partial charge in [-0.15, -0.1) is 0 Å². The molecule has 0 amide bonds. The molecule has 2 aromatic rings. The summed E-state index contributed by atoms with van der Waals surface area (Å²) in [5.74, 6) is 0.661. The largest absolute Gasteiger partial charge is 0.424 e. The fourth-order valence-electron chi connectivity index (χ4n) is 1.00. The Labute approximate surface area is 89.7 Å². The number of aromatic nitrogens is 3. The predicted molar refractivity (Wildman–Crippen MR) is 55.2 cm³/mol. The van der Waals surface area contributed by atoms with Crippen molar-refractivity contribution in [1.82, 2.24) is 14.5 Å². The third-order valence-electron chi connectivity index (χ3n) is 1.67. The van der Waals surface area contributed by atoms with E-state index in [1.807, 2.05) is 19.3 Å². The number of aryl methyl sites for hydroxylation is 1. The zero-order valence-corrected chi connectivity index (χ0v) is 9.10. The van der Waals surface area contributed by atoms with Crippen LogP contribution >= 0.6 is 15.9 Å². The van der Waals surface area contributed by atoms with Crippen LogP contribution in [0.5, 0.6) is 11.8 Å². The zero-order chi connectivity index (χ0) is 9.97. The third-order valence-corrected chi connectivity index (χ3v) is 2.10. The van der Waals surface area contributed by atoms with Crippen molar-refractivity contribution in [3.05, 3.63) is 35.3 Å². The second-order valence-electron chi connectivity index (χ2n) is 2.76. The Kier molecular flexibility index (Phi) is 2.49. The van der Waals surface area contributed by atoms with Crippen LogP contribution in [0.3, 0.4) is 0 Å². The maximum Gasteiger partial charge on any atom is 0.301 e. The molecule has 0 aliphatic rings. The van der Waals surface area contributed by atoms with Gasteiger partial charge in [0.1, 0.15) is 5.75 Å². The third kappa shape index (κ3) is 1.93. The van der Waals surface area contributed by atoms with Crippen LogP contribution in [0.2, 0.25) is 0 Å². The fourth-order valence-corrected chi connectivity index (χ4v) is 1.35. The van der Waals surface area contributed by atoms with Gasteiger partial charge in [0.25, 0.3) is 0 Å². The summed E-state index contributed by atoms with van der Waals surface area (Å²) in [7, 11) is 1.87. The number of hydrogen-bond donors (Lipinski definition) is 0. The zero-order valence-electron chi connectivity index (χ0n) is 7.51. The van der Waals surface area contributed by atoms with Crippen LogP contribution in [-0.4, -0.2) is 14.5 Å². The topological polar surface area (TPSA) is 39.9 Å². The molecule has 5 heteroatoms. The van der Waals surface area contributed by atoms with E-state index in [0.717, 1.165) is 4.47 Å². The molecule has 0 saturated heterocycles. The van der Waals surface area contributed by atoms with Crippen LogP contribution < -0.4 is 4.74 Å². The van der Waals surface area contributed by atoms with E-state index in [1.165, 1.54) is 0 Å². The van der Waals surface area contributed by atoms with Crippen LogP contribution in [-0.2, 0) is 7.05 Å². The first kappa shape index (κ1) is 9.21. The first-order valence-corrected chi connectivity index (χ1v) is 4.81. The summed E-state index contributed by atoms with van der Waals surface area (Å²) in [6.07, 6.45) is 6.84. The number of imidazole rings is 1. The molecule has 0 atom stereocenters. The summed E-state index contributed by atoms with van der Waals surface area (Å²) >= 11 is 3.32. The monoisotopic (exact) mass is 253 g/mol. The Bertz CT molecular complexity index is 441. The maximum atomic E-state index is 5.49. The molecule has 0 aliphatic carbocycles. The highest BCUT2D eigenvalue weighted by molar-refractivity contribution is 9.10. The maximum absolute atomic E-state index is 5.49. The van der Waals surface area contributed by atoms with Crippen molar-refractivity contribution in [2.75, 3.05) is 0 Å². The average Bonchev–Trinajstić information content (AvgIpc) is 2.52. The SMILES string of the molecule is Cn1ccnc1Oc1cncc(Br)c1. The summed E-state index contributed by atoms with van der Waals surface area (Å²) < 4.78 is 8.16. The molecular weight excluding hydrogens is 246 g/mol. The van der Waals surface area contributed by atoms with Crippen molar-refractivity contribution in [1.29, 1.82) is 0 Å². The Hall–Kier alpha value is -1.36. The molecule has 0 fully saturated rings. The second-order valence-corrected chi connectivity index (χ2v) is 3.68. The van der Waals surface area contributed by atoms with Crippen LogP contribution in [0.4, 0.5) is 0 Å². The minimum atomic E-state index is 0.546. The molecule has 2 aromatic heterocycles. The molecular formula is C9H8BrN3O. The lowest BCUT2D eigenvalue weighted by atomic mass is 10.5. The van der Waals surface area contributed by atoms with Crippen molar-refractivity contribution in [2.24, 2.45) is 7.05 Å². The van der Waals surface area contributed by atoms with Gasteiger partial charge in [0, 0.05) is 30.1 Å². The highest BCUT2D eigenvalue weighted by Gasteiger charge is 2.02. The van der Waals surface area contributed by atoms with Crippen molar-refractivity contribution in [3.8, 4) is 11.8 Å². The lowest BCUT2D eigenvalue weighted by Gasteiger charge is -2.03. The Morgan fingerprint density at radius 1 is 1.43 bits per heavy atom. The van der Waals surface area contributed by atoms with E-state index in [9.17, 15) is 0 Å². The quantitative estimate of drug-likeness (QED) is 0.825. The average molecular weight is 254 g/mol. The highest BCUT2D eigenvalue weighted by atomic mass is 79.9. The molecule has 0 saturated carbocycles. The standard InChI is InChI=1S/C9H8BrN3O/c1-13-3-2-12-9(13)14-8-4-7(10)5-11-6-8/h2-6H,1H3. The van der Waals surface area contributed by atoms with E-state index < -0.39 is 0 Å². The Balaban J connectivity index is 2.23. The van der Waals surface area contributed by atoms with Gasteiger partial charge in [-0.25, -0.2) is 4.98 Å². The van der Waals surface area contributed by atoms with Gasteiger partial charge in [-0.1, -0.05) is 0 Å². The van der Waals surface area contributed by atoms with E-state index in [-0.39, 0.29) is 0 Å². The number of rotatable bonds is 2. The molecule has 2 heterocycles.